The molecular weight excluding hydrogens is 216 g/mol. The van der Waals surface area contributed by atoms with E-state index in [4.69, 9.17) is 15.3 Å². The Bertz CT molecular complexity index is 315. The molecule has 0 aromatic heterocycles. The maximum absolute atomic E-state index is 9.87. The standard InChI is InChI=1S/C5H6O4.C5H8O2/c1-3(5(8)9)2-4(6)7;1-3-4(2)5(6)7/h1-2H2,(H,6,7)(H,8,9);2-3H2,1H3,(H,6,7). The van der Waals surface area contributed by atoms with E-state index in [0.717, 1.165) is 0 Å². The highest BCUT2D eigenvalue weighted by Gasteiger charge is 2.07. The van der Waals surface area contributed by atoms with Crippen molar-refractivity contribution >= 4 is 17.9 Å². The van der Waals surface area contributed by atoms with Crippen molar-refractivity contribution in [3.8, 4) is 0 Å². The molecule has 0 saturated carbocycles. The monoisotopic (exact) mass is 230 g/mol. The van der Waals surface area contributed by atoms with E-state index in [1.807, 2.05) is 0 Å². The Hall–Kier alpha value is -2.11. The Morgan fingerprint density at radius 2 is 1.31 bits per heavy atom. The summed E-state index contributed by atoms with van der Waals surface area (Å²) in [5, 5.41) is 24.2. The highest BCUT2D eigenvalue weighted by molar-refractivity contribution is 5.91. The van der Waals surface area contributed by atoms with Gasteiger partial charge in [0.15, 0.2) is 0 Å². The lowest BCUT2D eigenvalue weighted by Crippen LogP contribution is -2.04. The molecule has 0 unspecified atom stereocenters. The van der Waals surface area contributed by atoms with Gasteiger partial charge < -0.3 is 15.3 Å². The van der Waals surface area contributed by atoms with E-state index in [1.54, 1.807) is 6.92 Å². The van der Waals surface area contributed by atoms with Gasteiger partial charge in [-0.1, -0.05) is 20.1 Å². The number of carboxylic acid groups (broad SMARTS) is 3. The van der Waals surface area contributed by atoms with Gasteiger partial charge in [0.1, 0.15) is 0 Å². The highest BCUT2D eigenvalue weighted by atomic mass is 16.4. The molecule has 0 aliphatic carbocycles. The van der Waals surface area contributed by atoms with Gasteiger partial charge in [0.05, 0.1) is 6.42 Å². The molecular formula is C10H14O6. The molecule has 6 heteroatoms. The largest absolute Gasteiger partial charge is 0.481 e. The first-order valence-electron chi connectivity index (χ1n) is 4.26. The first-order valence-corrected chi connectivity index (χ1v) is 4.26. The molecule has 0 heterocycles. The second-order valence-corrected chi connectivity index (χ2v) is 2.74. The minimum Gasteiger partial charge on any atom is -0.481 e. The van der Waals surface area contributed by atoms with Crippen molar-refractivity contribution in [1.82, 2.24) is 0 Å². The second-order valence-electron chi connectivity index (χ2n) is 2.74. The zero-order chi connectivity index (χ0) is 13.3. The molecule has 0 atom stereocenters. The van der Waals surface area contributed by atoms with Gasteiger partial charge in [-0.05, 0) is 6.42 Å². The fourth-order valence-corrected chi connectivity index (χ4v) is 0.409. The Morgan fingerprint density at radius 1 is 0.938 bits per heavy atom. The second kappa shape index (κ2) is 8.22. The number of hydrogen-bond acceptors (Lipinski definition) is 3. The number of hydrogen-bond donors (Lipinski definition) is 3. The van der Waals surface area contributed by atoms with Crippen LogP contribution >= 0.6 is 0 Å². The third kappa shape index (κ3) is 9.97. The van der Waals surface area contributed by atoms with Crippen LogP contribution in [0.2, 0.25) is 0 Å². The summed E-state index contributed by atoms with van der Waals surface area (Å²) in [6, 6.07) is 0. The van der Waals surface area contributed by atoms with Gasteiger partial charge in [-0.3, -0.25) is 4.79 Å². The fourth-order valence-electron chi connectivity index (χ4n) is 0.409. The fraction of sp³-hybridized carbons (Fsp3) is 0.300. The van der Waals surface area contributed by atoms with Crippen molar-refractivity contribution in [3.05, 3.63) is 24.3 Å². The zero-order valence-corrected chi connectivity index (χ0v) is 8.89. The highest BCUT2D eigenvalue weighted by Crippen LogP contribution is 1.95. The minimum absolute atomic E-state index is 0.264. The van der Waals surface area contributed by atoms with Gasteiger partial charge in [-0.25, -0.2) is 9.59 Å². The first kappa shape index (κ1) is 16.3. The van der Waals surface area contributed by atoms with Gasteiger partial charge in [-0.2, -0.15) is 0 Å². The van der Waals surface area contributed by atoms with Gasteiger partial charge in [0.25, 0.3) is 0 Å². The molecule has 0 saturated heterocycles. The summed E-state index contributed by atoms with van der Waals surface area (Å²) in [6.45, 7) is 8.05. The number of carbonyl (C=O) groups is 3. The lowest BCUT2D eigenvalue weighted by Gasteiger charge is -1.91. The Labute approximate surface area is 92.5 Å². The van der Waals surface area contributed by atoms with Crippen LogP contribution in [0.5, 0.6) is 0 Å². The maximum Gasteiger partial charge on any atom is 0.331 e. The molecule has 0 aromatic carbocycles. The maximum atomic E-state index is 9.87. The third-order valence-corrected chi connectivity index (χ3v) is 1.40. The Morgan fingerprint density at radius 3 is 1.38 bits per heavy atom. The molecule has 0 aromatic rings. The lowest BCUT2D eigenvalue weighted by molar-refractivity contribution is -0.139. The van der Waals surface area contributed by atoms with E-state index in [2.05, 4.69) is 13.2 Å². The molecule has 0 fully saturated rings. The van der Waals surface area contributed by atoms with Gasteiger partial charge >= 0.3 is 17.9 Å². The van der Waals surface area contributed by atoms with Crippen LogP contribution in [0.3, 0.4) is 0 Å². The number of carboxylic acids is 3. The first-order chi connectivity index (χ1) is 7.22. The summed E-state index contributed by atoms with van der Waals surface area (Å²) in [7, 11) is 0. The van der Waals surface area contributed by atoms with Gasteiger partial charge in [-0.15, -0.1) is 0 Å². The smallest absolute Gasteiger partial charge is 0.331 e. The van der Waals surface area contributed by atoms with Crippen molar-refractivity contribution in [2.75, 3.05) is 0 Å². The molecule has 6 nitrogen and oxygen atoms in total. The van der Waals surface area contributed by atoms with Crippen molar-refractivity contribution in [2.24, 2.45) is 0 Å². The van der Waals surface area contributed by atoms with Crippen LogP contribution in [0.25, 0.3) is 0 Å². The van der Waals surface area contributed by atoms with E-state index in [0.29, 0.717) is 6.42 Å². The predicted octanol–water partition coefficient (Wildman–Crippen LogP) is 1.14. The van der Waals surface area contributed by atoms with E-state index >= 15 is 0 Å². The molecule has 3 N–H and O–H groups in total. The van der Waals surface area contributed by atoms with Crippen LogP contribution < -0.4 is 0 Å². The van der Waals surface area contributed by atoms with Crippen molar-refractivity contribution < 1.29 is 29.7 Å². The minimum atomic E-state index is -1.27. The summed E-state index contributed by atoms with van der Waals surface area (Å²) < 4.78 is 0. The SMILES string of the molecule is C=C(CC(=O)O)C(=O)O.C=C(CC)C(=O)O. The molecule has 0 aliphatic heterocycles. The summed E-state index contributed by atoms with van der Waals surface area (Å²) in [5.41, 5.74) is -0.0394. The van der Waals surface area contributed by atoms with Gasteiger partial charge in [0, 0.05) is 11.1 Å². The molecule has 0 bridgehead atoms. The summed E-state index contributed by atoms with van der Waals surface area (Å²) in [4.78, 5) is 29.5. The van der Waals surface area contributed by atoms with Crippen LogP contribution in [0, 0.1) is 0 Å². The van der Waals surface area contributed by atoms with Crippen LogP contribution in [0.1, 0.15) is 19.8 Å². The van der Waals surface area contributed by atoms with E-state index in [1.165, 1.54) is 0 Å². The van der Waals surface area contributed by atoms with Crippen LogP contribution in [-0.4, -0.2) is 33.2 Å². The molecule has 0 aliphatic rings. The summed E-state index contributed by atoms with van der Waals surface area (Å²) >= 11 is 0. The molecule has 0 rings (SSSR count). The van der Waals surface area contributed by atoms with E-state index in [-0.39, 0.29) is 11.1 Å². The van der Waals surface area contributed by atoms with Crippen LogP contribution in [0.15, 0.2) is 24.3 Å². The normalized spacial score (nSPS) is 8.31. The molecule has 0 amide bonds. The van der Waals surface area contributed by atoms with E-state index in [9.17, 15) is 14.4 Å². The quantitative estimate of drug-likeness (QED) is 0.610. The van der Waals surface area contributed by atoms with Crippen molar-refractivity contribution in [3.63, 3.8) is 0 Å². The molecule has 0 radical (unpaired) electrons. The Kier molecular flexibility index (Phi) is 8.39. The van der Waals surface area contributed by atoms with E-state index < -0.39 is 24.3 Å². The average Bonchev–Trinajstić information content (AvgIpc) is 2.16. The molecule has 90 valence electrons. The van der Waals surface area contributed by atoms with Crippen LogP contribution in [-0.2, 0) is 14.4 Å². The Balaban J connectivity index is 0. The zero-order valence-electron chi connectivity index (χ0n) is 8.89. The summed E-state index contributed by atoms with van der Waals surface area (Å²) in [6.07, 6.45) is 0.0185. The molecule has 16 heavy (non-hydrogen) atoms. The molecule has 0 spiro atoms. The average molecular weight is 230 g/mol. The number of aliphatic carboxylic acids is 3. The topological polar surface area (TPSA) is 112 Å². The summed E-state index contributed by atoms with van der Waals surface area (Å²) in [5.74, 6) is -3.35. The van der Waals surface area contributed by atoms with Crippen molar-refractivity contribution in [1.29, 1.82) is 0 Å². The predicted molar refractivity (Wildman–Crippen MR) is 56.1 cm³/mol. The lowest BCUT2D eigenvalue weighted by atomic mass is 10.2. The third-order valence-electron chi connectivity index (χ3n) is 1.40. The van der Waals surface area contributed by atoms with Crippen LogP contribution in [0.4, 0.5) is 0 Å². The van der Waals surface area contributed by atoms with Crippen molar-refractivity contribution in [2.45, 2.75) is 19.8 Å². The number of rotatable bonds is 5. The van der Waals surface area contributed by atoms with Gasteiger partial charge in [0.2, 0.25) is 0 Å².